The van der Waals surface area contributed by atoms with E-state index >= 15 is 0 Å². The Kier molecular flexibility index (Phi) is 4.47. The molecule has 4 rings (SSSR count). The molecule has 1 saturated carbocycles. The molecule has 0 unspecified atom stereocenters. The van der Waals surface area contributed by atoms with Gasteiger partial charge in [-0.3, -0.25) is 9.38 Å². The number of rotatable bonds is 6. The Hall–Kier alpha value is -2.68. The van der Waals surface area contributed by atoms with E-state index in [0.29, 0.717) is 47.4 Å². The second-order valence-corrected chi connectivity index (χ2v) is 6.60. The van der Waals surface area contributed by atoms with Gasteiger partial charge < -0.3 is 9.47 Å². The van der Waals surface area contributed by atoms with Crippen molar-refractivity contribution in [2.75, 3.05) is 6.61 Å². The molecule has 9 heteroatoms. The van der Waals surface area contributed by atoms with Crippen molar-refractivity contribution >= 4 is 5.65 Å². The highest BCUT2D eigenvalue weighted by molar-refractivity contribution is 5.65. The number of aryl methyl sites for hydroxylation is 1. The predicted octanol–water partition coefficient (Wildman–Crippen LogP) is 3.92. The first-order chi connectivity index (χ1) is 12.9. The number of hydrogen-bond donors (Lipinski definition) is 0. The van der Waals surface area contributed by atoms with Crippen LogP contribution < -0.4 is 4.74 Å². The fraction of sp³-hybridized carbons (Fsp3) is 0.389. The number of nitrogens with zero attached hydrogens (tertiary/aromatic N) is 4. The summed E-state index contributed by atoms with van der Waals surface area (Å²) in [6.45, 7) is 2.77. The highest BCUT2D eigenvalue weighted by Gasteiger charge is 2.31. The van der Waals surface area contributed by atoms with Gasteiger partial charge in [0.05, 0.1) is 11.9 Å². The molecule has 0 spiro atoms. The van der Waals surface area contributed by atoms with Gasteiger partial charge in [-0.05, 0) is 49.4 Å². The Morgan fingerprint density at radius 1 is 1.22 bits per heavy atom. The van der Waals surface area contributed by atoms with Crippen LogP contribution in [-0.4, -0.2) is 32.6 Å². The molecular weight excluding hydrogens is 361 g/mol. The Bertz CT molecular complexity index is 967. The lowest BCUT2D eigenvalue weighted by Crippen LogP contribution is -2.17. The highest BCUT2D eigenvalue weighted by atomic mass is 19.4. The molecule has 0 bridgehead atoms. The Balaban J connectivity index is 1.59. The maximum Gasteiger partial charge on any atom is 0.573 e. The molecule has 0 saturated heterocycles. The van der Waals surface area contributed by atoms with E-state index < -0.39 is 6.36 Å². The predicted molar refractivity (Wildman–Crippen MR) is 90.0 cm³/mol. The second kappa shape index (κ2) is 6.80. The maximum absolute atomic E-state index is 12.4. The first-order valence-corrected chi connectivity index (χ1v) is 8.53. The summed E-state index contributed by atoms with van der Waals surface area (Å²) < 4.78 is 48.5. The molecule has 0 aliphatic heterocycles. The topological polar surface area (TPSA) is 61.5 Å². The fourth-order valence-corrected chi connectivity index (χ4v) is 2.81. The van der Waals surface area contributed by atoms with Gasteiger partial charge in [0.25, 0.3) is 0 Å². The maximum atomic E-state index is 12.4. The van der Waals surface area contributed by atoms with E-state index in [1.165, 1.54) is 25.0 Å². The third kappa shape index (κ3) is 4.19. The first kappa shape index (κ1) is 17.7. The van der Waals surface area contributed by atoms with Crippen molar-refractivity contribution < 1.29 is 22.6 Å². The van der Waals surface area contributed by atoms with Gasteiger partial charge in [-0.2, -0.15) is 0 Å². The standard InChI is InChI=1S/C18H17F3N4O2/c1-11-6-13(27-18(19,20)21)4-5-14(11)15-8-25-16(7-22-15)23-24-17(25)10-26-9-12-2-3-12/h4-8,12H,2-3,9-10H2,1H3. The van der Waals surface area contributed by atoms with Crippen LogP contribution in [0.5, 0.6) is 5.75 Å². The molecule has 1 aromatic carbocycles. The van der Waals surface area contributed by atoms with Crippen LogP contribution in [0.25, 0.3) is 16.9 Å². The number of ether oxygens (including phenoxy) is 2. The van der Waals surface area contributed by atoms with Crippen molar-refractivity contribution in [3.05, 3.63) is 42.0 Å². The van der Waals surface area contributed by atoms with Crippen molar-refractivity contribution in [3.63, 3.8) is 0 Å². The minimum atomic E-state index is -4.72. The van der Waals surface area contributed by atoms with Crippen LogP contribution in [0, 0.1) is 12.8 Å². The minimum absolute atomic E-state index is 0.261. The van der Waals surface area contributed by atoms with E-state index in [1.807, 2.05) is 0 Å². The molecule has 1 aliphatic carbocycles. The summed E-state index contributed by atoms with van der Waals surface area (Å²) in [5, 5.41) is 8.20. The number of aromatic nitrogens is 4. The fourth-order valence-electron chi connectivity index (χ4n) is 2.81. The van der Waals surface area contributed by atoms with Crippen LogP contribution in [0.4, 0.5) is 13.2 Å². The molecule has 3 aromatic rings. The molecule has 0 radical (unpaired) electrons. The van der Waals surface area contributed by atoms with Crippen LogP contribution in [0.2, 0.25) is 0 Å². The lowest BCUT2D eigenvalue weighted by atomic mass is 10.1. The molecule has 27 heavy (non-hydrogen) atoms. The molecular formula is C18H17F3N4O2. The van der Waals surface area contributed by atoms with Gasteiger partial charge in [-0.15, -0.1) is 23.4 Å². The second-order valence-electron chi connectivity index (χ2n) is 6.60. The lowest BCUT2D eigenvalue weighted by Gasteiger charge is -2.12. The van der Waals surface area contributed by atoms with Crippen molar-refractivity contribution in [3.8, 4) is 17.0 Å². The third-order valence-electron chi connectivity index (χ3n) is 4.35. The molecule has 2 heterocycles. The molecule has 1 aliphatic rings. The van der Waals surface area contributed by atoms with E-state index in [9.17, 15) is 13.2 Å². The average Bonchev–Trinajstić information content (AvgIpc) is 3.33. The lowest BCUT2D eigenvalue weighted by molar-refractivity contribution is -0.274. The zero-order valence-electron chi connectivity index (χ0n) is 14.5. The molecule has 6 nitrogen and oxygen atoms in total. The van der Waals surface area contributed by atoms with Crippen LogP contribution in [0.15, 0.2) is 30.6 Å². The van der Waals surface area contributed by atoms with Crippen molar-refractivity contribution in [2.45, 2.75) is 32.7 Å². The third-order valence-corrected chi connectivity index (χ3v) is 4.35. The number of hydrogen-bond acceptors (Lipinski definition) is 5. The number of fused-ring (bicyclic) bond motifs is 1. The average molecular weight is 378 g/mol. The number of benzene rings is 1. The summed E-state index contributed by atoms with van der Waals surface area (Å²) in [6, 6.07) is 4.16. The normalized spacial score (nSPS) is 14.7. The summed E-state index contributed by atoms with van der Waals surface area (Å²) in [5.74, 6) is 1.05. The van der Waals surface area contributed by atoms with Crippen molar-refractivity contribution in [1.82, 2.24) is 19.6 Å². The molecule has 1 fully saturated rings. The highest BCUT2D eigenvalue weighted by Crippen LogP contribution is 2.30. The van der Waals surface area contributed by atoms with E-state index in [2.05, 4.69) is 19.9 Å². The smallest absolute Gasteiger partial charge is 0.406 e. The molecule has 2 aromatic heterocycles. The zero-order valence-corrected chi connectivity index (χ0v) is 14.5. The number of halogens is 3. The van der Waals surface area contributed by atoms with Gasteiger partial charge in [-0.25, -0.2) is 0 Å². The largest absolute Gasteiger partial charge is 0.573 e. The Morgan fingerprint density at radius 2 is 2.04 bits per heavy atom. The van der Waals surface area contributed by atoms with Gasteiger partial charge in [0.2, 0.25) is 0 Å². The molecule has 0 N–H and O–H groups in total. The van der Waals surface area contributed by atoms with Gasteiger partial charge in [0.1, 0.15) is 12.4 Å². The summed E-state index contributed by atoms with van der Waals surface area (Å²) in [7, 11) is 0. The van der Waals surface area contributed by atoms with Crippen molar-refractivity contribution in [2.24, 2.45) is 5.92 Å². The van der Waals surface area contributed by atoms with Crippen LogP contribution in [-0.2, 0) is 11.3 Å². The van der Waals surface area contributed by atoms with E-state index in [-0.39, 0.29) is 5.75 Å². The number of alkyl halides is 3. The van der Waals surface area contributed by atoms with E-state index in [4.69, 9.17) is 4.74 Å². The summed E-state index contributed by atoms with van der Waals surface area (Å²) in [5.41, 5.74) is 2.49. The van der Waals surface area contributed by atoms with E-state index in [0.717, 1.165) is 0 Å². The van der Waals surface area contributed by atoms with Gasteiger partial charge in [0, 0.05) is 18.4 Å². The van der Waals surface area contributed by atoms with Crippen molar-refractivity contribution in [1.29, 1.82) is 0 Å². The quantitative estimate of drug-likeness (QED) is 0.651. The van der Waals surface area contributed by atoms with Crippen LogP contribution in [0.1, 0.15) is 24.2 Å². The SMILES string of the molecule is Cc1cc(OC(F)(F)F)ccc1-c1cn2c(COCC3CC3)nnc2cn1. The summed E-state index contributed by atoms with van der Waals surface area (Å²) in [4.78, 5) is 4.35. The first-order valence-electron chi connectivity index (χ1n) is 8.53. The van der Waals surface area contributed by atoms with Gasteiger partial charge in [-0.1, -0.05) is 0 Å². The van der Waals surface area contributed by atoms with Crippen LogP contribution in [0.3, 0.4) is 0 Å². The van der Waals surface area contributed by atoms with Gasteiger partial charge in [0.15, 0.2) is 11.5 Å². The Labute approximate surface area is 153 Å². The summed E-state index contributed by atoms with van der Waals surface area (Å²) >= 11 is 0. The van der Waals surface area contributed by atoms with E-state index in [1.54, 1.807) is 29.8 Å². The minimum Gasteiger partial charge on any atom is -0.406 e. The monoisotopic (exact) mass is 378 g/mol. The zero-order chi connectivity index (χ0) is 19.0. The summed E-state index contributed by atoms with van der Waals surface area (Å²) in [6.07, 6.45) is 1.04. The molecule has 142 valence electrons. The Morgan fingerprint density at radius 3 is 2.74 bits per heavy atom. The molecule has 0 amide bonds. The molecule has 0 atom stereocenters. The van der Waals surface area contributed by atoms with Crippen LogP contribution >= 0.6 is 0 Å². The van der Waals surface area contributed by atoms with Gasteiger partial charge >= 0.3 is 6.36 Å².